The van der Waals surface area contributed by atoms with Crippen LogP contribution in [0.15, 0.2) is 11.8 Å². The number of aliphatic hydroxyl groups is 2. The van der Waals surface area contributed by atoms with E-state index < -0.39 is 12.4 Å². The van der Waals surface area contributed by atoms with Crippen molar-refractivity contribution in [2.75, 3.05) is 0 Å². The molecule has 0 radical (unpaired) electrons. The number of epoxide rings is 1. The average Bonchev–Trinajstić information content (AvgIpc) is 2.82. The number of hydrogen-bond acceptors (Lipinski definition) is 4. The van der Waals surface area contributed by atoms with E-state index >= 15 is 0 Å². The smallest absolute Gasteiger partial charge is 0.202 e. The van der Waals surface area contributed by atoms with Gasteiger partial charge in [-0.15, -0.1) is 0 Å². The third kappa shape index (κ3) is 0.855. The fourth-order valence-corrected chi connectivity index (χ4v) is 2.62. The number of fused-ring (bicyclic) bond motifs is 3. The first-order valence-corrected chi connectivity index (χ1v) is 4.54. The van der Waals surface area contributed by atoms with Crippen molar-refractivity contribution in [2.45, 2.75) is 31.5 Å². The van der Waals surface area contributed by atoms with Gasteiger partial charge in [-0.2, -0.15) is 0 Å². The van der Waals surface area contributed by atoms with Crippen LogP contribution in [-0.2, 0) is 9.47 Å². The van der Waals surface area contributed by atoms with Crippen LogP contribution in [0.3, 0.4) is 0 Å². The van der Waals surface area contributed by atoms with Crippen molar-refractivity contribution in [1.82, 2.24) is 0 Å². The third-order valence-corrected chi connectivity index (χ3v) is 3.31. The summed E-state index contributed by atoms with van der Waals surface area (Å²) in [5.74, 6) is -0.0579. The summed E-state index contributed by atoms with van der Waals surface area (Å²) < 4.78 is 10.3. The van der Waals surface area contributed by atoms with Gasteiger partial charge in [0.1, 0.15) is 6.10 Å². The molecule has 72 valence electrons. The highest BCUT2D eigenvalue weighted by molar-refractivity contribution is 5.21. The van der Waals surface area contributed by atoms with Crippen LogP contribution in [0.4, 0.5) is 0 Å². The largest absolute Gasteiger partial charge is 0.472 e. The second kappa shape index (κ2) is 2.26. The highest BCUT2D eigenvalue weighted by Gasteiger charge is 2.65. The van der Waals surface area contributed by atoms with Crippen molar-refractivity contribution in [3.8, 4) is 0 Å². The van der Waals surface area contributed by atoms with E-state index in [1.54, 1.807) is 6.26 Å². The number of rotatable bonds is 0. The van der Waals surface area contributed by atoms with Crippen LogP contribution < -0.4 is 0 Å². The summed E-state index contributed by atoms with van der Waals surface area (Å²) >= 11 is 0. The van der Waals surface area contributed by atoms with Crippen LogP contribution in [0, 0.1) is 11.8 Å². The Morgan fingerprint density at radius 1 is 1.31 bits per heavy atom. The molecule has 2 fully saturated rings. The highest BCUT2D eigenvalue weighted by atomic mass is 16.6. The lowest BCUT2D eigenvalue weighted by atomic mass is 9.86. The molecule has 0 aromatic carbocycles. The first kappa shape index (κ1) is 7.79. The zero-order chi connectivity index (χ0) is 9.16. The normalized spacial score (nSPS) is 57.6. The van der Waals surface area contributed by atoms with E-state index in [4.69, 9.17) is 9.47 Å². The molecule has 13 heavy (non-hydrogen) atoms. The Kier molecular flexibility index (Phi) is 1.35. The van der Waals surface area contributed by atoms with Gasteiger partial charge in [-0.05, 0) is 12.5 Å². The molecule has 2 heterocycles. The Labute approximate surface area is 75.8 Å². The molecule has 4 nitrogen and oxygen atoms in total. The predicted molar refractivity (Wildman–Crippen MR) is 42.5 cm³/mol. The zero-order valence-electron chi connectivity index (χ0n) is 7.25. The van der Waals surface area contributed by atoms with E-state index in [-0.39, 0.29) is 24.0 Å². The van der Waals surface area contributed by atoms with Crippen molar-refractivity contribution in [3.63, 3.8) is 0 Å². The molecular formula is C9H12O4. The molecule has 6 atom stereocenters. The minimum atomic E-state index is -0.819. The van der Waals surface area contributed by atoms with E-state index in [1.165, 1.54) is 0 Å². The summed E-state index contributed by atoms with van der Waals surface area (Å²) in [6.45, 7) is 1.91. The van der Waals surface area contributed by atoms with E-state index in [0.29, 0.717) is 0 Å². The fraction of sp³-hybridized carbons (Fsp3) is 0.778. The van der Waals surface area contributed by atoms with Gasteiger partial charge in [0, 0.05) is 5.92 Å². The summed E-state index contributed by atoms with van der Waals surface area (Å²) in [6.07, 6.45) is 0.179. The van der Waals surface area contributed by atoms with Gasteiger partial charge >= 0.3 is 0 Å². The van der Waals surface area contributed by atoms with Gasteiger partial charge in [-0.1, -0.05) is 0 Å². The Morgan fingerprint density at radius 3 is 2.77 bits per heavy atom. The maximum Gasteiger partial charge on any atom is 0.202 e. The van der Waals surface area contributed by atoms with Gasteiger partial charge in [-0.3, -0.25) is 0 Å². The summed E-state index contributed by atoms with van der Waals surface area (Å²) in [5.41, 5.74) is 0.999. The lowest BCUT2D eigenvalue weighted by molar-refractivity contribution is -0.134. The summed E-state index contributed by atoms with van der Waals surface area (Å²) in [6, 6.07) is 0. The van der Waals surface area contributed by atoms with Crippen LogP contribution in [0.25, 0.3) is 0 Å². The Morgan fingerprint density at radius 2 is 2.08 bits per heavy atom. The molecule has 4 heteroatoms. The molecule has 2 aliphatic heterocycles. The van der Waals surface area contributed by atoms with Crippen LogP contribution >= 0.6 is 0 Å². The molecule has 1 aliphatic carbocycles. The highest BCUT2D eigenvalue weighted by Crippen LogP contribution is 2.52. The molecule has 0 aromatic rings. The minimum absolute atomic E-state index is 0.00125. The summed E-state index contributed by atoms with van der Waals surface area (Å²) in [7, 11) is 0. The van der Waals surface area contributed by atoms with Crippen molar-refractivity contribution in [2.24, 2.45) is 11.8 Å². The molecule has 0 bridgehead atoms. The Hall–Kier alpha value is -0.580. The Bertz CT molecular complexity index is 275. The first-order chi connectivity index (χ1) is 6.20. The van der Waals surface area contributed by atoms with E-state index in [0.717, 1.165) is 5.57 Å². The van der Waals surface area contributed by atoms with Gasteiger partial charge in [0.25, 0.3) is 0 Å². The average molecular weight is 184 g/mol. The number of hydrogen-bond donors (Lipinski definition) is 2. The number of ether oxygens (including phenoxy) is 2. The zero-order valence-corrected chi connectivity index (χ0v) is 7.25. The van der Waals surface area contributed by atoms with Crippen molar-refractivity contribution in [3.05, 3.63) is 11.8 Å². The maximum atomic E-state index is 9.79. The van der Waals surface area contributed by atoms with E-state index in [1.807, 2.05) is 6.92 Å². The van der Waals surface area contributed by atoms with Crippen LogP contribution in [-0.4, -0.2) is 34.8 Å². The molecule has 4 unspecified atom stereocenters. The molecule has 3 rings (SSSR count). The lowest BCUT2D eigenvalue weighted by Gasteiger charge is -2.32. The molecule has 1 saturated heterocycles. The van der Waals surface area contributed by atoms with Gasteiger partial charge in [0.05, 0.1) is 24.4 Å². The molecule has 3 aliphatic rings. The second-order valence-electron chi connectivity index (χ2n) is 4.05. The topological polar surface area (TPSA) is 62.2 Å². The van der Waals surface area contributed by atoms with Gasteiger partial charge in [0.15, 0.2) is 0 Å². The third-order valence-electron chi connectivity index (χ3n) is 3.31. The monoisotopic (exact) mass is 184 g/mol. The van der Waals surface area contributed by atoms with Crippen molar-refractivity contribution < 1.29 is 19.7 Å². The predicted octanol–water partition coefficient (Wildman–Crippen LogP) is -0.387. The maximum absolute atomic E-state index is 9.79. The van der Waals surface area contributed by atoms with E-state index in [9.17, 15) is 10.2 Å². The molecular weight excluding hydrogens is 172 g/mol. The quantitative estimate of drug-likeness (QED) is 0.503. The lowest BCUT2D eigenvalue weighted by Crippen LogP contribution is -2.38. The molecule has 1 saturated carbocycles. The van der Waals surface area contributed by atoms with Crippen molar-refractivity contribution >= 4 is 0 Å². The Balaban J connectivity index is 1.97. The SMILES string of the molecule is CC1=COC(O)[C@@H]2C3OC3C(O)[C@H]12. The van der Waals surface area contributed by atoms with Gasteiger partial charge in [-0.25, -0.2) is 0 Å². The summed E-state index contributed by atoms with van der Waals surface area (Å²) in [5, 5.41) is 19.3. The molecule has 0 amide bonds. The van der Waals surface area contributed by atoms with Crippen molar-refractivity contribution in [1.29, 1.82) is 0 Å². The standard InChI is InChI=1S/C9H12O4/c1-3-2-12-9(11)5-4(3)6(10)8-7(5)13-8/h2,4-11H,1H3/t4-,5+,6?,7?,8?,9?/m1/s1. The van der Waals surface area contributed by atoms with Gasteiger partial charge in [0.2, 0.25) is 6.29 Å². The molecule has 0 aromatic heterocycles. The molecule has 2 N–H and O–H groups in total. The van der Waals surface area contributed by atoms with Crippen LogP contribution in [0.5, 0.6) is 0 Å². The first-order valence-electron chi connectivity index (χ1n) is 4.54. The van der Waals surface area contributed by atoms with E-state index in [2.05, 4.69) is 0 Å². The number of aliphatic hydroxyl groups excluding tert-OH is 2. The van der Waals surface area contributed by atoms with Crippen LogP contribution in [0.2, 0.25) is 0 Å². The fourth-order valence-electron chi connectivity index (χ4n) is 2.62. The summed E-state index contributed by atoms with van der Waals surface area (Å²) in [4.78, 5) is 0. The van der Waals surface area contributed by atoms with Crippen LogP contribution in [0.1, 0.15) is 6.92 Å². The minimum Gasteiger partial charge on any atom is -0.472 e. The second-order valence-corrected chi connectivity index (χ2v) is 4.05. The molecule has 0 spiro atoms. The van der Waals surface area contributed by atoms with Gasteiger partial charge < -0.3 is 19.7 Å².